The molecule has 0 aliphatic heterocycles. The number of aromatic nitrogens is 2. The van der Waals surface area contributed by atoms with Gasteiger partial charge in [0.05, 0.1) is 17.1 Å². The van der Waals surface area contributed by atoms with Crippen molar-refractivity contribution in [3.8, 4) is 0 Å². The van der Waals surface area contributed by atoms with Gasteiger partial charge in [-0.1, -0.05) is 6.07 Å². The molecule has 2 heterocycles. The van der Waals surface area contributed by atoms with Crippen LogP contribution in [0.25, 0.3) is 11.0 Å². The monoisotopic (exact) mass is 271 g/mol. The minimum Gasteiger partial charge on any atom is -0.464 e. The standard InChI is InChI=1S/C14H13N3O3/c1-7-2-5-11(20-7)12(15)8-3-4-9-10(6-8)17-14(19)13(18)16-9/h2-6,12H,15H2,1H3,(H,16,18)(H,17,19). The zero-order valence-corrected chi connectivity index (χ0v) is 10.8. The molecule has 0 amide bonds. The van der Waals surface area contributed by atoms with E-state index in [0.29, 0.717) is 16.8 Å². The molecule has 6 heteroatoms. The lowest BCUT2D eigenvalue weighted by atomic mass is 10.0. The second kappa shape index (κ2) is 4.50. The van der Waals surface area contributed by atoms with E-state index in [0.717, 1.165) is 11.3 Å². The van der Waals surface area contributed by atoms with Crippen molar-refractivity contribution in [2.45, 2.75) is 13.0 Å². The summed E-state index contributed by atoms with van der Waals surface area (Å²) >= 11 is 0. The summed E-state index contributed by atoms with van der Waals surface area (Å²) in [6.07, 6.45) is 0. The molecular weight excluding hydrogens is 258 g/mol. The van der Waals surface area contributed by atoms with Crippen LogP contribution < -0.4 is 16.9 Å². The summed E-state index contributed by atoms with van der Waals surface area (Å²) in [6, 6.07) is 8.46. The topological polar surface area (TPSA) is 105 Å². The number of nitrogens with two attached hydrogens (primary N) is 1. The Bertz CT molecular complexity index is 888. The van der Waals surface area contributed by atoms with Crippen molar-refractivity contribution in [2.24, 2.45) is 5.73 Å². The Hall–Kier alpha value is -2.60. The molecule has 102 valence electrons. The third-order valence-electron chi connectivity index (χ3n) is 3.17. The molecule has 4 N–H and O–H groups in total. The number of aromatic amines is 2. The number of nitrogens with one attached hydrogen (secondary N) is 2. The minimum atomic E-state index is -0.683. The minimum absolute atomic E-state index is 0.427. The molecule has 6 nitrogen and oxygen atoms in total. The van der Waals surface area contributed by atoms with Crippen molar-refractivity contribution < 1.29 is 4.42 Å². The molecule has 1 unspecified atom stereocenters. The van der Waals surface area contributed by atoms with Crippen molar-refractivity contribution in [1.29, 1.82) is 0 Å². The van der Waals surface area contributed by atoms with Crippen LogP contribution in [0.2, 0.25) is 0 Å². The van der Waals surface area contributed by atoms with Gasteiger partial charge in [-0.15, -0.1) is 0 Å². The molecule has 0 aliphatic rings. The highest BCUT2D eigenvalue weighted by molar-refractivity contribution is 5.74. The summed E-state index contributed by atoms with van der Waals surface area (Å²) in [5.41, 5.74) is 6.65. The summed E-state index contributed by atoms with van der Waals surface area (Å²) in [5, 5.41) is 0. The SMILES string of the molecule is Cc1ccc(C(N)c2ccc3[nH]c(=O)c(=O)[nH]c3c2)o1. The summed E-state index contributed by atoms with van der Waals surface area (Å²) in [4.78, 5) is 27.6. The smallest absolute Gasteiger partial charge is 0.314 e. The van der Waals surface area contributed by atoms with E-state index in [4.69, 9.17) is 10.2 Å². The normalized spacial score (nSPS) is 12.7. The van der Waals surface area contributed by atoms with E-state index in [1.54, 1.807) is 18.2 Å². The fourth-order valence-electron chi connectivity index (χ4n) is 2.11. The lowest BCUT2D eigenvalue weighted by molar-refractivity contribution is 0.466. The Kier molecular flexibility index (Phi) is 2.80. The number of aryl methyl sites for hydroxylation is 1. The van der Waals surface area contributed by atoms with E-state index in [-0.39, 0.29) is 0 Å². The van der Waals surface area contributed by atoms with Gasteiger partial charge in [0.2, 0.25) is 0 Å². The van der Waals surface area contributed by atoms with Gasteiger partial charge in [0.15, 0.2) is 0 Å². The first-order valence-corrected chi connectivity index (χ1v) is 6.13. The van der Waals surface area contributed by atoms with E-state index < -0.39 is 17.2 Å². The first kappa shape index (κ1) is 12.4. The number of fused-ring (bicyclic) bond motifs is 1. The van der Waals surface area contributed by atoms with E-state index in [2.05, 4.69) is 9.97 Å². The molecule has 2 aromatic heterocycles. The van der Waals surface area contributed by atoms with Crippen molar-refractivity contribution in [1.82, 2.24) is 9.97 Å². The van der Waals surface area contributed by atoms with Crippen LogP contribution in [0.3, 0.4) is 0 Å². The first-order chi connectivity index (χ1) is 9.54. The molecule has 0 radical (unpaired) electrons. The van der Waals surface area contributed by atoms with Crippen LogP contribution in [0.15, 0.2) is 44.3 Å². The number of H-pyrrole nitrogens is 2. The van der Waals surface area contributed by atoms with Crippen LogP contribution in [0.5, 0.6) is 0 Å². The average molecular weight is 271 g/mol. The van der Waals surface area contributed by atoms with Gasteiger partial charge in [-0.2, -0.15) is 0 Å². The second-order valence-electron chi connectivity index (χ2n) is 4.64. The number of furan rings is 1. The maximum atomic E-state index is 11.3. The fraction of sp³-hybridized carbons (Fsp3) is 0.143. The second-order valence-corrected chi connectivity index (χ2v) is 4.64. The largest absolute Gasteiger partial charge is 0.464 e. The van der Waals surface area contributed by atoms with Gasteiger partial charge in [-0.25, -0.2) is 0 Å². The van der Waals surface area contributed by atoms with Crippen molar-refractivity contribution in [2.75, 3.05) is 0 Å². The predicted octanol–water partition coefficient (Wildman–Crippen LogP) is 1.17. The first-order valence-electron chi connectivity index (χ1n) is 6.13. The average Bonchev–Trinajstić information content (AvgIpc) is 2.85. The Morgan fingerprint density at radius 3 is 2.40 bits per heavy atom. The van der Waals surface area contributed by atoms with Gasteiger partial charge in [0, 0.05) is 0 Å². The van der Waals surface area contributed by atoms with E-state index in [9.17, 15) is 9.59 Å². The molecule has 0 saturated carbocycles. The van der Waals surface area contributed by atoms with Crippen LogP contribution in [0.4, 0.5) is 0 Å². The predicted molar refractivity (Wildman–Crippen MR) is 74.7 cm³/mol. The Morgan fingerprint density at radius 1 is 1.05 bits per heavy atom. The summed E-state index contributed by atoms with van der Waals surface area (Å²) in [6.45, 7) is 1.85. The zero-order valence-electron chi connectivity index (χ0n) is 10.8. The van der Waals surface area contributed by atoms with Crippen molar-refractivity contribution in [3.63, 3.8) is 0 Å². The Labute approximate surface area is 113 Å². The number of hydrogen-bond donors (Lipinski definition) is 3. The molecular formula is C14H13N3O3. The molecule has 0 saturated heterocycles. The quantitative estimate of drug-likeness (QED) is 0.608. The number of hydrogen-bond acceptors (Lipinski definition) is 4. The molecule has 1 atom stereocenters. The van der Waals surface area contributed by atoms with Gasteiger partial charge >= 0.3 is 11.1 Å². The maximum Gasteiger partial charge on any atom is 0.314 e. The molecule has 0 fully saturated rings. The summed E-state index contributed by atoms with van der Waals surface area (Å²) in [7, 11) is 0. The van der Waals surface area contributed by atoms with Crippen LogP contribution >= 0.6 is 0 Å². The summed E-state index contributed by atoms with van der Waals surface area (Å²) < 4.78 is 5.50. The Balaban J connectivity index is 2.11. The van der Waals surface area contributed by atoms with Crippen LogP contribution in [0.1, 0.15) is 23.1 Å². The molecule has 20 heavy (non-hydrogen) atoms. The molecule has 0 aliphatic carbocycles. The van der Waals surface area contributed by atoms with Gasteiger partial charge in [-0.3, -0.25) is 9.59 Å². The highest BCUT2D eigenvalue weighted by atomic mass is 16.3. The fourth-order valence-corrected chi connectivity index (χ4v) is 2.11. The van der Waals surface area contributed by atoms with Gasteiger partial charge in [0.1, 0.15) is 11.5 Å². The lowest BCUT2D eigenvalue weighted by Gasteiger charge is -2.10. The highest BCUT2D eigenvalue weighted by Crippen LogP contribution is 2.23. The van der Waals surface area contributed by atoms with Gasteiger partial charge in [-0.05, 0) is 36.8 Å². The third kappa shape index (κ3) is 2.06. The number of rotatable bonds is 2. The maximum absolute atomic E-state index is 11.3. The Morgan fingerprint density at radius 2 is 1.75 bits per heavy atom. The highest BCUT2D eigenvalue weighted by Gasteiger charge is 2.13. The zero-order chi connectivity index (χ0) is 14.3. The van der Waals surface area contributed by atoms with E-state index >= 15 is 0 Å². The molecule has 3 rings (SSSR count). The third-order valence-corrected chi connectivity index (χ3v) is 3.17. The van der Waals surface area contributed by atoms with Crippen molar-refractivity contribution >= 4 is 11.0 Å². The van der Waals surface area contributed by atoms with Crippen molar-refractivity contribution in [3.05, 3.63) is 68.1 Å². The van der Waals surface area contributed by atoms with Crippen LogP contribution in [-0.2, 0) is 0 Å². The van der Waals surface area contributed by atoms with Crippen LogP contribution in [0, 0.1) is 6.92 Å². The molecule has 0 bridgehead atoms. The van der Waals surface area contributed by atoms with Crippen LogP contribution in [-0.4, -0.2) is 9.97 Å². The van der Waals surface area contributed by atoms with E-state index in [1.165, 1.54) is 0 Å². The molecule has 3 aromatic rings. The van der Waals surface area contributed by atoms with Gasteiger partial charge in [0.25, 0.3) is 0 Å². The number of benzene rings is 1. The molecule has 0 spiro atoms. The molecule has 1 aromatic carbocycles. The van der Waals surface area contributed by atoms with Gasteiger partial charge < -0.3 is 20.1 Å². The van der Waals surface area contributed by atoms with E-state index in [1.807, 2.05) is 19.1 Å². The summed E-state index contributed by atoms with van der Waals surface area (Å²) in [5.74, 6) is 1.43. The lowest BCUT2D eigenvalue weighted by Crippen LogP contribution is -2.29.